The minimum Gasteiger partial charge on any atom is -0.465 e. The van der Waals surface area contributed by atoms with E-state index in [4.69, 9.17) is 18.0 Å². The molecule has 0 saturated heterocycles. The molecule has 20 heavy (non-hydrogen) atoms. The number of rotatable bonds is 12. The van der Waals surface area contributed by atoms with E-state index in [9.17, 15) is 9.59 Å². The van der Waals surface area contributed by atoms with Crippen LogP contribution in [0.4, 0.5) is 0 Å². The lowest BCUT2D eigenvalue weighted by Crippen LogP contribution is -2.42. The number of unbranched alkanes of at least 4 members (excludes halogenated alkanes) is 3. The molecule has 6 nitrogen and oxygen atoms in total. The van der Waals surface area contributed by atoms with Crippen LogP contribution in [-0.2, 0) is 27.6 Å². The van der Waals surface area contributed by atoms with Gasteiger partial charge in [0.2, 0.25) is 0 Å². The van der Waals surface area contributed by atoms with Crippen LogP contribution in [0.2, 0.25) is 6.04 Å². The molecule has 0 aromatic heterocycles. The topological polar surface area (TPSA) is 71.1 Å². The first-order valence-corrected chi connectivity index (χ1v) is 8.73. The second-order valence-corrected chi connectivity index (χ2v) is 7.65. The molecule has 0 amide bonds. The molecule has 0 aromatic rings. The van der Waals surface area contributed by atoms with Gasteiger partial charge in [0, 0.05) is 27.4 Å². The average Bonchev–Trinajstić information content (AvgIpc) is 2.42. The van der Waals surface area contributed by atoms with Gasteiger partial charge in [0.25, 0.3) is 0 Å². The van der Waals surface area contributed by atoms with Crippen LogP contribution in [0.1, 0.15) is 39.0 Å². The van der Waals surface area contributed by atoms with E-state index in [1.165, 1.54) is 6.92 Å². The lowest BCUT2D eigenvalue weighted by atomic mass is 10.2. The summed E-state index contributed by atoms with van der Waals surface area (Å²) in [6.45, 7) is 1.74. The van der Waals surface area contributed by atoms with Crippen LogP contribution in [0.15, 0.2) is 0 Å². The van der Waals surface area contributed by atoms with Crippen LogP contribution in [-0.4, -0.2) is 48.5 Å². The average molecular weight is 306 g/mol. The van der Waals surface area contributed by atoms with Gasteiger partial charge in [-0.05, 0) is 19.8 Å². The van der Waals surface area contributed by atoms with Gasteiger partial charge >= 0.3 is 14.8 Å². The Balaban J connectivity index is 3.58. The van der Waals surface area contributed by atoms with E-state index in [0.717, 1.165) is 31.7 Å². The summed E-state index contributed by atoms with van der Waals surface area (Å²) in [6.07, 6.45) is 3.56. The number of Topliss-reactive ketones (excluding diaryl/α,β-unsaturated/α-hetero) is 1. The van der Waals surface area contributed by atoms with Crippen molar-refractivity contribution in [3.05, 3.63) is 0 Å². The smallest absolute Gasteiger partial charge is 0.465 e. The van der Waals surface area contributed by atoms with Crippen molar-refractivity contribution in [1.82, 2.24) is 0 Å². The zero-order valence-electron chi connectivity index (χ0n) is 12.9. The van der Waals surface area contributed by atoms with Crippen LogP contribution in [0.3, 0.4) is 0 Å². The van der Waals surface area contributed by atoms with E-state index in [1.54, 1.807) is 21.3 Å². The Kier molecular flexibility index (Phi) is 10.5. The highest BCUT2D eigenvalue weighted by Crippen LogP contribution is 2.17. The number of carbonyl (C=O) groups is 2. The van der Waals surface area contributed by atoms with Gasteiger partial charge in [-0.2, -0.15) is 0 Å². The van der Waals surface area contributed by atoms with Crippen molar-refractivity contribution in [1.29, 1.82) is 0 Å². The molecule has 0 aliphatic heterocycles. The summed E-state index contributed by atoms with van der Waals surface area (Å²) in [5.74, 6) is -0.614. The van der Waals surface area contributed by atoms with Crippen molar-refractivity contribution >= 4 is 20.6 Å². The number of hydrogen-bond acceptors (Lipinski definition) is 6. The van der Waals surface area contributed by atoms with Gasteiger partial charge < -0.3 is 18.0 Å². The molecule has 0 radical (unpaired) electrons. The van der Waals surface area contributed by atoms with Crippen LogP contribution in [0.25, 0.3) is 0 Å². The molecule has 0 fully saturated rings. The molecule has 0 atom stereocenters. The molecule has 0 unspecified atom stereocenters. The first-order valence-electron chi connectivity index (χ1n) is 6.80. The molecule has 0 aromatic carbocycles. The number of ether oxygens (including phenoxy) is 1. The lowest BCUT2D eigenvalue weighted by molar-refractivity contribution is -0.145. The molecule has 0 spiro atoms. The molecular formula is C13H26O6Si. The minimum atomic E-state index is -2.45. The van der Waals surface area contributed by atoms with Crippen LogP contribution < -0.4 is 0 Å². The summed E-state index contributed by atoms with van der Waals surface area (Å²) in [4.78, 5) is 21.8. The number of carbonyl (C=O) groups excluding carboxylic acids is 2. The third-order valence-electron chi connectivity index (χ3n) is 2.97. The fourth-order valence-corrected chi connectivity index (χ4v) is 3.59. The zero-order valence-corrected chi connectivity index (χ0v) is 13.9. The van der Waals surface area contributed by atoms with Crippen LogP contribution in [0.5, 0.6) is 0 Å². The van der Waals surface area contributed by atoms with Crippen LogP contribution in [0, 0.1) is 0 Å². The SMILES string of the molecule is CO[Si](CCCCCCOC(=O)CC(C)=O)(OC)OC. The van der Waals surface area contributed by atoms with Gasteiger partial charge in [-0.25, -0.2) is 0 Å². The molecule has 0 N–H and O–H groups in total. The predicted molar refractivity (Wildman–Crippen MR) is 76.3 cm³/mol. The highest BCUT2D eigenvalue weighted by Gasteiger charge is 2.36. The van der Waals surface area contributed by atoms with E-state index >= 15 is 0 Å². The van der Waals surface area contributed by atoms with Crippen molar-refractivity contribution in [2.24, 2.45) is 0 Å². The highest BCUT2D eigenvalue weighted by molar-refractivity contribution is 6.60. The second-order valence-electron chi connectivity index (χ2n) is 4.56. The maximum Gasteiger partial charge on any atom is 0.500 e. The van der Waals surface area contributed by atoms with Gasteiger partial charge in [-0.3, -0.25) is 9.59 Å². The fraction of sp³-hybridized carbons (Fsp3) is 0.846. The van der Waals surface area contributed by atoms with E-state index in [-0.39, 0.29) is 12.2 Å². The summed E-state index contributed by atoms with van der Waals surface area (Å²) in [5.41, 5.74) is 0. The second kappa shape index (κ2) is 11.0. The summed E-state index contributed by atoms with van der Waals surface area (Å²) in [6, 6.07) is 0.778. The molecule has 0 bridgehead atoms. The van der Waals surface area contributed by atoms with Crippen molar-refractivity contribution in [3.8, 4) is 0 Å². The molecule has 0 heterocycles. The van der Waals surface area contributed by atoms with Gasteiger partial charge in [0.1, 0.15) is 12.2 Å². The molecule has 0 aliphatic carbocycles. The van der Waals surface area contributed by atoms with Crippen molar-refractivity contribution in [2.45, 2.75) is 45.1 Å². The van der Waals surface area contributed by atoms with Crippen molar-refractivity contribution in [2.75, 3.05) is 27.9 Å². The molecule has 0 rings (SSSR count). The molecular weight excluding hydrogens is 280 g/mol. The van der Waals surface area contributed by atoms with E-state index in [0.29, 0.717) is 6.61 Å². The largest absolute Gasteiger partial charge is 0.500 e. The molecule has 118 valence electrons. The Morgan fingerprint density at radius 2 is 1.45 bits per heavy atom. The quantitative estimate of drug-likeness (QED) is 0.237. The van der Waals surface area contributed by atoms with E-state index in [1.807, 2.05) is 0 Å². The standard InChI is InChI=1S/C13H26O6Si/c1-12(14)11-13(15)19-9-7-5-6-8-10-20(16-2,17-3)18-4/h5-11H2,1-4H3. The summed E-state index contributed by atoms with van der Waals surface area (Å²) < 4.78 is 20.9. The summed E-state index contributed by atoms with van der Waals surface area (Å²) in [5, 5.41) is 0. The first-order chi connectivity index (χ1) is 9.49. The monoisotopic (exact) mass is 306 g/mol. The lowest BCUT2D eigenvalue weighted by Gasteiger charge is -2.24. The summed E-state index contributed by atoms with van der Waals surface area (Å²) >= 11 is 0. The predicted octanol–water partition coefficient (Wildman–Crippen LogP) is 1.95. The first kappa shape index (κ1) is 19.2. The van der Waals surface area contributed by atoms with Crippen molar-refractivity contribution < 1.29 is 27.6 Å². The van der Waals surface area contributed by atoms with Gasteiger partial charge in [-0.1, -0.05) is 12.8 Å². The number of hydrogen-bond donors (Lipinski definition) is 0. The Morgan fingerprint density at radius 1 is 0.900 bits per heavy atom. The van der Waals surface area contributed by atoms with E-state index in [2.05, 4.69) is 0 Å². The Labute approximate surface area is 122 Å². The normalized spacial score (nSPS) is 11.4. The van der Waals surface area contributed by atoms with Gasteiger partial charge in [0.05, 0.1) is 6.61 Å². The number of esters is 1. The molecule has 0 saturated carbocycles. The number of ketones is 1. The summed E-state index contributed by atoms with van der Waals surface area (Å²) in [7, 11) is 2.37. The maximum atomic E-state index is 11.1. The highest BCUT2D eigenvalue weighted by atomic mass is 28.4. The fourth-order valence-electron chi connectivity index (χ4n) is 1.79. The minimum absolute atomic E-state index is 0.135. The van der Waals surface area contributed by atoms with E-state index < -0.39 is 14.8 Å². The molecule has 0 aliphatic rings. The Morgan fingerprint density at radius 3 is 1.95 bits per heavy atom. The maximum absolute atomic E-state index is 11.1. The Bertz CT molecular complexity index is 282. The third kappa shape index (κ3) is 8.42. The Hall–Kier alpha value is -0.763. The van der Waals surface area contributed by atoms with Gasteiger partial charge in [0.15, 0.2) is 0 Å². The van der Waals surface area contributed by atoms with Crippen LogP contribution >= 0.6 is 0 Å². The molecule has 7 heteroatoms. The van der Waals surface area contributed by atoms with Gasteiger partial charge in [-0.15, -0.1) is 0 Å². The third-order valence-corrected chi connectivity index (χ3v) is 5.80. The van der Waals surface area contributed by atoms with Crippen molar-refractivity contribution in [3.63, 3.8) is 0 Å². The zero-order chi connectivity index (χ0) is 15.4.